The Morgan fingerprint density at radius 1 is 1.36 bits per heavy atom. The molecule has 3 N–H and O–H groups in total. The molecule has 0 aliphatic heterocycles. The van der Waals surface area contributed by atoms with Crippen LogP contribution in [0, 0.1) is 0 Å². The summed E-state index contributed by atoms with van der Waals surface area (Å²) in [6.07, 6.45) is 3.69. The van der Waals surface area contributed by atoms with Crippen LogP contribution in [0.1, 0.15) is 25.7 Å². The number of rotatable bonds is 5. The Balaban J connectivity index is 2.36. The van der Waals surface area contributed by atoms with Crippen molar-refractivity contribution in [3.05, 3.63) is 0 Å². The third-order valence-corrected chi connectivity index (χ3v) is 3.26. The number of hydrogen-bond donors (Lipinski definition) is 3. The van der Waals surface area contributed by atoms with Crippen LogP contribution in [0.5, 0.6) is 0 Å². The van der Waals surface area contributed by atoms with Crippen LogP contribution in [0.4, 0.5) is 0 Å². The molecular formula is C7H14N2O4S. The Kier molecular flexibility index (Phi) is 3.85. The number of aliphatic carboxylic acids is 1. The van der Waals surface area contributed by atoms with Crippen LogP contribution in [-0.4, -0.2) is 32.1 Å². The highest BCUT2D eigenvalue weighted by atomic mass is 32.2. The number of carbonyl (C=O) groups is 1. The van der Waals surface area contributed by atoms with Gasteiger partial charge in [0.25, 0.3) is 10.2 Å². The molecule has 0 spiro atoms. The van der Waals surface area contributed by atoms with Gasteiger partial charge in [-0.15, -0.1) is 0 Å². The fraction of sp³-hybridized carbons (Fsp3) is 0.857. The lowest BCUT2D eigenvalue weighted by atomic mass is 10.3. The number of hydrogen-bond acceptors (Lipinski definition) is 3. The smallest absolute Gasteiger partial charge is 0.318 e. The molecule has 0 aromatic rings. The van der Waals surface area contributed by atoms with Gasteiger partial charge in [-0.1, -0.05) is 12.8 Å². The van der Waals surface area contributed by atoms with E-state index in [-0.39, 0.29) is 6.04 Å². The summed E-state index contributed by atoms with van der Waals surface area (Å²) in [5.74, 6) is -1.19. The summed E-state index contributed by atoms with van der Waals surface area (Å²) in [5, 5.41) is 8.28. The Bertz CT molecular complexity index is 295. The molecule has 82 valence electrons. The molecule has 0 saturated heterocycles. The van der Waals surface area contributed by atoms with Gasteiger partial charge < -0.3 is 5.11 Å². The van der Waals surface area contributed by atoms with E-state index >= 15 is 0 Å². The van der Waals surface area contributed by atoms with E-state index in [1.54, 1.807) is 0 Å². The molecule has 0 aromatic heterocycles. The maximum atomic E-state index is 11.2. The van der Waals surface area contributed by atoms with Crippen LogP contribution < -0.4 is 9.44 Å². The molecule has 1 saturated carbocycles. The van der Waals surface area contributed by atoms with E-state index in [2.05, 4.69) is 4.72 Å². The van der Waals surface area contributed by atoms with Crippen molar-refractivity contribution in [2.75, 3.05) is 6.54 Å². The maximum Gasteiger partial charge on any atom is 0.318 e. The van der Waals surface area contributed by atoms with Crippen LogP contribution in [0.2, 0.25) is 0 Å². The summed E-state index contributed by atoms with van der Waals surface area (Å²) in [6, 6.07) is -0.0405. The largest absolute Gasteiger partial charge is 0.480 e. The Hall–Kier alpha value is -0.660. The van der Waals surface area contributed by atoms with Crippen molar-refractivity contribution >= 4 is 16.2 Å². The molecule has 14 heavy (non-hydrogen) atoms. The predicted molar refractivity (Wildman–Crippen MR) is 50.0 cm³/mol. The fourth-order valence-corrected chi connectivity index (χ4v) is 2.53. The molecule has 7 heteroatoms. The van der Waals surface area contributed by atoms with Gasteiger partial charge in [-0.25, -0.2) is 0 Å². The second-order valence-electron chi connectivity index (χ2n) is 3.32. The molecule has 1 fully saturated rings. The summed E-state index contributed by atoms with van der Waals surface area (Å²) < 4.78 is 26.8. The van der Waals surface area contributed by atoms with Crippen molar-refractivity contribution in [1.82, 2.24) is 9.44 Å². The molecule has 6 nitrogen and oxygen atoms in total. The molecule has 0 aromatic carbocycles. The van der Waals surface area contributed by atoms with Crippen LogP contribution in [0.25, 0.3) is 0 Å². The van der Waals surface area contributed by atoms with Crippen LogP contribution in [-0.2, 0) is 15.0 Å². The zero-order valence-electron chi connectivity index (χ0n) is 7.69. The third kappa shape index (κ3) is 4.03. The standard InChI is InChI=1S/C7H14N2O4S/c10-7(11)5-8-14(12,13)9-6-3-1-2-4-6/h6,8-9H,1-5H2,(H,10,11). The number of carboxylic acids is 1. The van der Waals surface area contributed by atoms with Gasteiger partial charge in [0.2, 0.25) is 0 Å². The maximum absolute atomic E-state index is 11.2. The molecule has 0 amide bonds. The first-order valence-electron chi connectivity index (χ1n) is 4.48. The zero-order valence-corrected chi connectivity index (χ0v) is 8.51. The topological polar surface area (TPSA) is 95.5 Å². The number of nitrogens with one attached hydrogen (secondary N) is 2. The van der Waals surface area contributed by atoms with E-state index < -0.39 is 22.7 Å². The minimum atomic E-state index is -3.64. The van der Waals surface area contributed by atoms with Crippen LogP contribution in [0.15, 0.2) is 0 Å². The highest BCUT2D eigenvalue weighted by Gasteiger charge is 2.21. The molecule has 1 aliphatic carbocycles. The lowest BCUT2D eigenvalue weighted by Crippen LogP contribution is -2.43. The number of carboxylic acid groups (broad SMARTS) is 1. The Morgan fingerprint density at radius 2 is 1.93 bits per heavy atom. The normalized spacial score (nSPS) is 18.6. The fourth-order valence-electron chi connectivity index (χ4n) is 1.46. The first-order valence-corrected chi connectivity index (χ1v) is 5.96. The predicted octanol–water partition coefficient (Wildman–Crippen LogP) is -0.562. The quantitative estimate of drug-likeness (QED) is 0.581. The van der Waals surface area contributed by atoms with E-state index in [1.807, 2.05) is 4.72 Å². The molecular weight excluding hydrogens is 208 g/mol. The average molecular weight is 222 g/mol. The molecule has 0 unspecified atom stereocenters. The summed E-state index contributed by atoms with van der Waals surface area (Å²) in [6.45, 7) is -0.581. The van der Waals surface area contributed by atoms with E-state index in [1.165, 1.54) is 0 Å². The lowest BCUT2D eigenvalue weighted by Gasteiger charge is -2.11. The molecule has 0 bridgehead atoms. The Morgan fingerprint density at radius 3 is 2.43 bits per heavy atom. The molecule has 1 rings (SSSR count). The third-order valence-electron chi connectivity index (χ3n) is 2.09. The van der Waals surface area contributed by atoms with Crippen molar-refractivity contribution in [1.29, 1.82) is 0 Å². The summed E-state index contributed by atoms with van der Waals surface area (Å²) in [5.41, 5.74) is 0. The van der Waals surface area contributed by atoms with E-state index in [4.69, 9.17) is 5.11 Å². The van der Waals surface area contributed by atoms with Crippen molar-refractivity contribution in [2.45, 2.75) is 31.7 Å². The van der Waals surface area contributed by atoms with Crippen molar-refractivity contribution in [3.63, 3.8) is 0 Å². The van der Waals surface area contributed by atoms with Crippen molar-refractivity contribution < 1.29 is 18.3 Å². The van der Waals surface area contributed by atoms with E-state index in [0.29, 0.717) is 0 Å². The van der Waals surface area contributed by atoms with Crippen LogP contribution in [0.3, 0.4) is 0 Å². The average Bonchev–Trinajstić information content (AvgIpc) is 2.53. The molecule has 0 radical (unpaired) electrons. The lowest BCUT2D eigenvalue weighted by molar-refractivity contribution is -0.135. The molecule has 1 aliphatic rings. The van der Waals surface area contributed by atoms with Gasteiger partial charge >= 0.3 is 5.97 Å². The zero-order chi connectivity index (χ0) is 10.6. The monoisotopic (exact) mass is 222 g/mol. The SMILES string of the molecule is O=C(O)CNS(=O)(=O)NC1CCCC1. The minimum Gasteiger partial charge on any atom is -0.480 e. The highest BCUT2D eigenvalue weighted by Crippen LogP contribution is 2.17. The van der Waals surface area contributed by atoms with E-state index in [0.717, 1.165) is 25.7 Å². The van der Waals surface area contributed by atoms with Gasteiger partial charge in [0.15, 0.2) is 0 Å². The summed E-state index contributed by atoms with van der Waals surface area (Å²) in [4.78, 5) is 10.1. The molecule has 0 heterocycles. The van der Waals surface area contributed by atoms with Gasteiger partial charge in [0.05, 0.1) is 0 Å². The van der Waals surface area contributed by atoms with Gasteiger partial charge in [-0.05, 0) is 12.8 Å². The first-order chi connectivity index (χ1) is 6.49. The van der Waals surface area contributed by atoms with Gasteiger partial charge in [0, 0.05) is 6.04 Å². The summed E-state index contributed by atoms with van der Waals surface area (Å²) >= 11 is 0. The second kappa shape index (κ2) is 4.72. The van der Waals surface area contributed by atoms with E-state index in [9.17, 15) is 13.2 Å². The van der Waals surface area contributed by atoms with Crippen molar-refractivity contribution in [3.8, 4) is 0 Å². The minimum absolute atomic E-state index is 0.0405. The van der Waals surface area contributed by atoms with Crippen LogP contribution >= 0.6 is 0 Å². The second-order valence-corrected chi connectivity index (χ2v) is 4.85. The highest BCUT2D eigenvalue weighted by molar-refractivity contribution is 7.87. The first kappa shape index (κ1) is 11.4. The summed E-state index contributed by atoms with van der Waals surface area (Å²) in [7, 11) is -3.64. The van der Waals surface area contributed by atoms with Gasteiger partial charge in [-0.3, -0.25) is 4.79 Å². The van der Waals surface area contributed by atoms with Crippen molar-refractivity contribution in [2.24, 2.45) is 0 Å². The van der Waals surface area contributed by atoms with Gasteiger partial charge in [0.1, 0.15) is 6.54 Å². The molecule has 0 atom stereocenters. The Labute approximate surface area is 82.9 Å². The van der Waals surface area contributed by atoms with Gasteiger partial charge in [-0.2, -0.15) is 17.9 Å².